The van der Waals surface area contributed by atoms with Crippen molar-refractivity contribution in [2.24, 2.45) is 0 Å². The van der Waals surface area contributed by atoms with Crippen molar-refractivity contribution in [3.05, 3.63) is 29.3 Å². The zero-order valence-electron chi connectivity index (χ0n) is 14.8. The summed E-state index contributed by atoms with van der Waals surface area (Å²) in [6.45, 7) is 2.36. The first-order chi connectivity index (χ1) is 12.4. The fraction of sp³-hybridized carbons (Fsp3) is 0.526. The van der Waals surface area contributed by atoms with Crippen LogP contribution in [0.25, 0.3) is 0 Å². The van der Waals surface area contributed by atoms with E-state index in [9.17, 15) is 14.4 Å². The normalized spacial score (nSPS) is 25.2. The number of hydrogen-bond donors (Lipinski definition) is 2. The van der Waals surface area contributed by atoms with Gasteiger partial charge in [0.2, 0.25) is 11.8 Å². The van der Waals surface area contributed by atoms with Crippen molar-refractivity contribution in [1.29, 1.82) is 0 Å². The molecule has 7 heteroatoms. The fourth-order valence-corrected chi connectivity index (χ4v) is 3.52. The molecule has 0 bridgehead atoms. The molecule has 1 saturated heterocycles. The molecule has 2 heterocycles. The van der Waals surface area contributed by atoms with Gasteiger partial charge in [0.1, 0.15) is 5.75 Å². The number of nitrogens with one attached hydrogen (secondary N) is 2. The summed E-state index contributed by atoms with van der Waals surface area (Å²) in [6.07, 6.45) is 3.11. The lowest BCUT2D eigenvalue weighted by Crippen LogP contribution is -2.56. The summed E-state index contributed by atoms with van der Waals surface area (Å²) >= 11 is 0. The van der Waals surface area contributed by atoms with Crippen molar-refractivity contribution in [2.75, 3.05) is 13.1 Å². The van der Waals surface area contributed by atoms with Gasteiger partial charge in [0, 0.05) is 31.8 Å². The van der Waals surface area contributed by atoms with Crippen LogP contribution >= 0.6 is 0 Å². The second-order valence-electron chi connectivity index (χ2n) is 7.46. The van der Waals surface area contributed by atoms with E-state index in [0.29, 0.717) is 30.7 Å². The Morgan fingerprint density at radius 3 is 2.92 bits per heavy atom. The lowest BCUT2D eigenvalue weighted by Gasteiger charge is -2.38. The largest absolute Gasteiger partial charge is 0.467 e. The van der Waals surface area contributed by atoms with Gasteiger partial charge in [-0.1, -0.05) is 11.6 Å². The molecule has 138 valence electrons. The van der Waals surface area contributed by atoms with E-state index in [1.54, 1.807) is 17.0 Å². The van der Waals surface area contributed by atoms with Crippen LogP contribution in [-0.2, 0) is 9.59 Å². The summed E-state index contributed by atoms with van der Waals surface area (Å²) in [4.78, 5) is 38.6. The molecule has 1 spiro atoms. The third-order valence-corrected chi connectivity index (χ3v) is 5.18. The molecule has 3 aliphatic rings. The number of fused-ring (bicyclic) bond motifs is 1. The zero-order valence-corrected chi connectivity index (χ0v) is 14.8. The third kappa shape index (κ3) is 3.38. The van der Waals surface area contributed by atoms with Crippen LogP contribution in [-0.4, -0.2) is 47.5 Å². The number of ether oxygens (including phenoxy) is 1. The molecule has 7 nitrogen and oxygen atoms in total. The second kappa shape index (κ2) is 6.30. The highest BCUT2D eigenvalue weighted by molar-refractivity contribution is 5.98. The van der Waals surface area contributed by atoms with Crippen LogP contribution in [0.2, 0.25) is 0 Å². The summed E-state index contributed by atoms with van der Waals surface area (Å²) in [7, 11) is 0. The lowest BCUT2D eigenvalue weighted by molar-refractivity contribution is -0.135. The maximum absolute atomic E-state index is 12.5. The van der Waals surface area contributed by atoms with E-state index in [1.165, 1.54) is 0 Å². The van der Waals surface area contributed by atoms with Crippen molar-refractivity contribution in [3.8, 4) is 5.75 Å². The quantitative estimate of drug-likeness (QED) is 0.848. The summed E-state index contributed by atoms with van der Waals surface area (Å²) in [5.74, 6) is 0.167. The molecule has 0 radical (unpaired) electrons. The third-order valence-electron chi connectivity index (χ3n) is 5.18. The molecule has 1 aromatic carbocycles. The molecular formula is C19H23N3O4. The Bertz CT molecular complexity index is 774. The Morgan fingerprint density at radius 1 is 1.35 bits per heavy atom. The maximum Gasteiger partial charge on any atom is 0.258 e. The Balaban J connectivity index is 1.47. The monoisotopic (exact) mass is 357 g/mol. The summed E-state index contributed by atoms with van der Waals surface area (Å²) in [5, 5.41) is 5.86. The summed E-state index contributed by atoms with van der Waals surface area (Å²) < 4.78 is 6.13. The molecule has 1 saturated carbocycles. The molecular weight excluding hydrogens is 334 g/mol. The number of aryl methyl sites for hydroxylation is 1. The standard InChI is InChI=1S/C19H23N3O4/c1-12-2-5-15-14(10-12)18(25)21-19(26-15)7-6-17(24)22(9-8-19)11-16(23)20-13-3-4-13/h2,5,10,13H,3-4,6-9,11H2,1H3,(H,20,23)(H,21,25)/t19-/m1/s1. The highest BCUT2D eigenvalue weighted by Gasteiger charge is 2.42. The molecule has 4 rings (SSSR count). The SMILES string of the molecule is Cc1ccc2c(c1)C(=O)N[C@]1(CCC(=O)N(CC(=O)NC3CC3)CC1)O2. The van der Waals surface area contributed by atoms with Gasteiger partial charge in [-0.05, 0) is 31.9 Å². The van der Waals surface area contributed by atoms with Crippen LogP contribution in [0.15, 0.2) is 18.2 Å². The highest BCUT2D eigenvalue weighted by Crippen LogP contribution is 2.34. The highest BCUT2D eigenvalue weighted by atomic mass is 16.5. The average molecular weight is 357 g/mol. The number of nitrogens with zero attached hydrogens (tertiary/aromatic N) is 1. The van der Waals surface area contributed by atoms with Crippen LogP contribution in [0.5, 0.6) is 5.75 Å². The number of carbonyl (C=O) groups is 3. The number of amides is 3. The Morgan fingerprint density at radius 2 is 2.15 bits per heavy atom. The molecule has 2 N–H and O–H groups in total. The number of rotatable bonds is 3. The van der Waals surface area contributed by atoms with Gasteiger partial charge in [0.25, 0.3) is 5.91 Å². The number of carbonyl (C=O) groups excluding carboxylic acids is 3. The maximum atomic E-state index is 12.5. The van der Waals surface area contributed by atoms with Crippen LogP contribution in [0.4, 0.5) is 0 Å². The Labute approximate surface area is 152 Å². The van der Waals surface area contributed by atoms with E-state index >= 15 is 0 Å². The van der Waals surface area contributed by atoms with Gasteiger partial charge in [-0.15, -0.1) is 0 Å². The van der Waals surface area contributed by atoms with Crippen LogP contribution < -0.4 is 15.4 Å². The molecule has 0 unspecified atom stereocenters. The predicted molar refractivity (Wildman–Crippen MR) is 93.6 cm³/mol. The first-order valence-electron chi connectivity index (χ1n) is 9.13. The molecule has 2 fully saturated rings. The van der Waals surface area contributed by atoms with Gasteiger partial charge in [-0.25, -0.2) is 0 Å². The van der Waals surface area contributed by atoms with Gasteiger partial charge in [-0.3, -0.25) is 14.4 Å². The first-order valence-corrected chi connectivity index (χ1v) is 9.13. The molecule has 0 aromatic heterocycles. The smallest absolute Gasteiger partial charge is 0.258 e. The number of benzene rings is 1. The summed E-state index contributed by atoms with van der Waals surface area (Å²) in [6, 6.07) is 5.78. The van der Waals surface area contributed by atoms with Crippen molar-refractivity contribution in [1.82, 2.24) is 15.5 Å². The van der Waals surface area contributed by atoms with Gasteiger partial charge < -0.3 is 20.3 Å². The minimum Gasteiger partial charge on any atom is -0.467 e. The molecule has 2 aliphatic heterocycles. The van der Waals surface area contributed by atoms with Gasteiger partial charge in [0.05, 0.1) is 12.1 Å². The average Bonchev–Trinajstić information content (AvgIpc) is 3.42. The predicted octanol–water partition coefficient (Wildman–Crippen LogP) is 1.10. The molecule has 1 aliphatic carbocycles. The fourth-order valence-electron chi connectivity index (χ4n) is 3.52. The molecule has 26 heavy (non-hydrogen) atoms. The van der Waals surface area contributed by atoms with Gasteiger partial charge in [-0.2, -0.15) is 0 Å². The van der Waals surface area contributed by atoms with Crippen LogP contribution in [0.1, 0.15) is 48.0 Å². The first kappa shape index (κ1) is 16.9. The van der Waals surface area contributed by atoms with Gasteiger partial charge in [0.15, 0.2) is 5.72 Å². The van der Waals surface area contributed by atoms with Crippen LogP contribution in [0.3, 0.4) is 0 Å². The number of hydrogen-bond acceptors (Lipinski definition) is 4. The topological polar surface area (TPSA) is 87.7 Å². The van der Waals surface area contributed by atoms with Crippen LogP contribution in [0, 0.1) is 6.92 Å². The van der Waals surface area contributed by atoms with Crippen molar-refractivity contribution in [3.63, 3.8) is 0 Å². The summed E-state index contributed by atoms with van der Waals surface area (Å²) in [5.41, 5.74) is 0.616. The minimum atomic E-state index is -0.892. The van der Waals surface area contributed by atoms with Crippen molar-refractivity contribution < 1.29 is 19.1 Å². The van der Waals surface area contributed by atoms with E-state index in [1.807, 2.05) is 13.0 Å². The zero-order chi connectivity index (χ0) is 18.3. The molecule has 1 atom stereocenters. The lowest BCUT2D eigenvalue weighted by atomic mass is 9.99. The molecule has 3 amide bonds. The van der Waals surface area contributed by atoms with E-state index in [4.69, 9.17) is 4.74 Å². The number of likely N-dealkylation sites (tertiary alicyclic amines) is 1. The van der Waals surface area contributed by atoms with E-state index in [-0.39, 0.29) is 36.7 Å². The molecule has 1 aromatic rings. The Kier molecular flexibility index (Phi) is 4.09. The second-order valence-corrected chi connectivity index (χ2v) is 7.46. The van der Waals surface area contributed by atoms with E-state index in [0.717, 1.165) is 18.4 Å². The minimum absolute atomic E-state index is 0.0646. The van der Waals surface area contributed by atoms with Crippen molar-refractivity contribution >= 4 is 17.7 Å². The van der Waals surface area contributed by atoms with E-state index in [2.05, 4.69) is 10.6 Å². The van der Waals surface area contributed by atoms with Crippen molar-refractivity contribution in [2.45, 2.75) is 50.8 Å². The Hall–Kier alpha value is -2.57. The van der Waals surface area contributed by atoms with Gasteiger partial charge >= 0.3 is 0 Å². The van der Waals surface area contributed by atoms with E-state index < -0.39 is 5.72 Å².